The summed E-state index contributed by atoms with van der Waals surface area (Å²) in [6.07, 6.45) is -3.82. The Morgan fingerprint density at radius 3 is 2.64 bits per heavy atom. The van der Waals surface area contributed by atoms with Crippen LogP contribution in [0.3, 0.4) is 0 Å². The average molecular weight is 460 g/mol. The third kappa shape index (κ3) is 4.49. The Hall–Kier alpha value is -3.24. The molecule has 33 heavy (non-hydrogen) atoms. The van der Waals surface area contributed by atoms with Crippen molar-refractivity contribution >= 4 is 22.6 Å². The van der Waals surface area contributed by atoms with Crippen LogP contribution in [0.2, 0.25) is 0 Å². The summed E-state index contributed by atoms with van der Waals surface area (Å²) in [6.45, 7) is 2.59. The molecular formula is C23H23F3N4O3. The van der Waals surface area contributed by atoms with Crippen molar-refractivity contribution in [3.05, 3.63) is 64.5 Å². The molecule has 1 aliphatic rings. The van der Waals surface area contributed by atoms with Gasteiger partial charge in [0.05, 0.1) is 36.5 Å². The Bertz CT molecular complexity index is 1180. The van der Waals surface area contributed by atoms with Crippen molar-refractivity contribution in [3.8, 4) is 0 Å². The summed E-state index contributed by atoms with van der Waals surface area (Å²) in [6, 6.07) is 7.33. The van der Waals surface area contributed by atoms with Gasteiger partial charge < -0.3 is 20.1 Å². The Balaban J connectivity index is 1.68. The predicted molar refractivity (Wildman–Crippen MR) is 115 cm³/mol. The molecule has 1 aliphatic heterocycles. The highest BCUT2D eigenvalue weighted by Gasteiger charge is 2.31. The quantitative estimate of drug-likeness (QED) is 0.552. The van der Waals surface area contributed by atoms with Crippen LogP contribution < -0.4 is 5.73 Å². The minimum absolute atomic E-state index is 0.0113. The van der Waals surface area contributed by atoms with Crippen LogP contribution in [0.1, 0.15) is 46.1 Å². The van der Waals surface area contributed by atoms with Gasteiger partial charge in [-0.15, -0.1) is 0 Å². The van der Waals surface area contributed by atoms with Crippen molar-refractivity contribution in [1.82, 2.24) is 14.9 Å². The molecule has 4 rings (SSSR count). The average Bonchev–Trinajstić information content (AvgIpc) is 3.29. The number of nitrogen functional groups attached to an aromatic ring is 1. The van der Waals surface area contributed by atoms with Gasteiger partial charge in [-0.05, 0) is 42.3 Å². The number of aromatic nitrogens is 2. The van der Waals surface area contributed by atoms with Crippen LogP contribution >= 0.6 is 0 Å². The van der Waals surface area contributed by atoms with E-state index in [4.69, 9.17) is 15.2 Å². The molecule has 1 unspecified atom stereocenters. The van der Waals surface area contributed by atoms with Gasteiger partial charge in [0.2, 0.25) is 0 Å². The molecule has 0 radical (unpaired) electrons. The number of nitrogens with zero attached hydrogens (tertiary/aromatic N) is 3. The van der Waals surface area contributed by atoms with E-state index >= 15 is 0 Å². The Morgan fingerprint density at radius 1 is 1.24 bits per heavy atom. The molecule has 0 saturated carbocycles. The van der Waals surface area contributed by atoms with Crippen molar-refractivity contribution in [2.45, 2.75) is 45.5 Å². The number of hydrogen-bond donors (Lipinski definition) is 1. The van der Waals surface area contributed by atoms with E-state index < -0.39 is 18.0 Å². The second-order valence-electron chi connectivity index (χ2n) is 7.75. The third-order valence-corrected chi connectivity index (χ3v) is 5.69. The number of nitrogens with two attached hydrogens (primary N) is 1. The SMILES string of the molecule is CCC(OC)N(Cc1ccc(C(F)(F)F)cn1)C(=O)c1ccc2nc(N)c3c(c2c1)COC3. The smallest absolute Gasteiger partial charge is 0.383 e. The zero-order chi connectivity index (χ0) is 23.8. The maximum absolute atomic E-state index is 13.5. The van der Waals surface area contributed by atoms with Gasteiger partial charge in [-0.25, -0.2) is 4.98 Å². The lowest BCUT2D eigenvalue weighted by molar-refractivity contribution is -0.137. The van der Waals surface area contributed by atoms with Gasteiger partial charge in [0.15, 0.2) is 0 Å². The fourth-order valence-electron chi connectivity index (χ4n) is 3.95. The minimum atomic E-state index is -4.48. The van der Waals surface area contributed by atoms with Gasteiger partial charge in [0, 0.05) is 29.8 Å². The summed E-state index contributed by atoms with van der Waals surface area (Å²) in [5.74, 6) is 0.0753. The highest BCUT2D eigenvalue weighted by Crippen LogP contribution is 2.32. The maximum atomic E-state index is 13.5. The van der Waals surface area contributed by atoms with E-state index in [1.54, 1.807) is 18.2 Å². The topological polar surface area (TPSA) is 90.6 Å². The first-order chi connectivity index (χ1) is 15.7. The second kappa shape index (κ2) is 8.95. The van der Waals surface area contributed by atoms with Crippen molar-refractivity contribution in [2.24, 2.45) is 0 Å². The fourth-order valence-corrected chi connectivity index (χ4v) is 3.95. The number of carbonyl (C=O) groups is 1. The molecule has 3 aromatic rings. The molecule has 2 aromatic heterocycles. The monoisotopic (exact) mass is 460 g/mol. The first-order valence-electron chi connectivity index (χ1n) is 10.4. The molecule has 7 nitrogen and oxygen atoms in total. The van der Waals surface area contributed by atoms with Gasteiger partial charge >= 0.3 is 6.18 Å². The highest BCUT2D eigenvalue weighted by atomic mass is 19.4. The van der Waals surface area contributed by atoms with E-state index in [0.717, 1.165) is 28.8 Å². The van der Waals surface area contributed by atoms with Crippen LogP contribution in [0, 0.1) is 0 Å². The Kier molecular flexibility index (Phi) is 6.22. The number of carbonyl (C=O) groups excluding carboxylic acids is 1. The number of alkyl halides is 3. The number of rotatable bonds is 6. The molecule has 1 amide bonds. The molecule has 2 N–H and O–H groups in total. The second-order valence-corrected chi connectivity index (χ2v) is 7.75. The van der Waals surface area contributed by atoms with Crippen LogP contribution in [-0.4, -0.2) is 34.1 Å². The van der Waals surface area contributed by atoms with Gasteiger partial charge in [-0.1, -0.05) is 6.92 Å². The number of anilines is 1. The lowest BCUT2D eigenvalue weighted by Crippen LogP contribution is -2.40. The van der Waals surface area contributed by atoms with Crippen LogP contribution in [0.15, 0.2) is 36.5 Å². The summed E-state index contributed by atoms with van der Waals surface area (Å²) >= 11 is 0. The van der Waals surface area contributed by atoms with E-state index in [0.29, 0.717) is 42.2 Å². The van der Waals surface area contributed by atoms with Gasteiger partial charge in [0.25, 0.3) is 5.91 Å². The molecular weight excluding hydrogens is 437 g/mol. The van der Waals surface area contributed by atoms with Crippen molar-refractivity contribution in [2.75, 3.05) is 12.8 Å². The first-order valence-corrected chi connectivity index (χ1v) is 10.4. The molecule has 3 heterocycles. The van der Waals surface area contributed by atoms with Crippen molar-refractivity contribution in [3.63, 3.8) is 0 Å². The van der Waals surface area contributed by atoms with Gasteiger partial charge in [-0.2, -0.15) is 13.2 Å². The molecule has 0 fully saturated rings. The van der Waals surface area contributed by atoms with Crippen LogP contribution in [0.4, 0.5) is 19.0 Å². The van der Waals surface area contributed by atoms with E-state index in [-0.39, 0.29) is 12.5 Å². The number of fused-ring (bicyclic) bond motifs is 3. The summed E-state index contributed by atoms with van der Waals surface area (Å²) in [5.41, 5.74) is 8.27. The summed E-state index contributed by atoms with van der Waals surface area (Å²) in [4.78, 5) is 23.3. The zero-order valence-corrected chi connectivity index (χ0v) is 18.1. The van der Waals surface area contributed by atoms with Gasteiger partial charge in [0.1, 0.15) is 12.0 Å². The lowest BCUT2D eigenvalue weighted by Gasteiger charge is -2.30. The Labute approximate surface area is 188 Å². The van der Waals surface area contributed by atoms with Crippen molar-refractivity contribution in [1.29, 1.82) is 0 Å². The summed E-state index contributed by atoms with van der Waals surface area (Å²) in [5, 5.41) is 0.778. The van der Waals surface area contributed by atoms with Gasteiger partial charge in [-0.3, -0.25) is 9.78 Å². The van der Waals surface area contributed by atoms with E-state index in [2.05, 4.69) is 9.97 Å². The number of methoxy groups -OCH3 is 1. The van der Waals surface area contributed by atoms with Crippen molar-refractivity contribution < 1.29 is 27.4 Å². The summed E-state index contributed by atoms with van der Waals surface area (Å²) in [7, 11) is 1.48. The standard InChI is InChI=1S/C23H23F3N4O3/c1-3-20(32-2)30(10-15-6-5-14(9-28-15)23(24,25)26)22(31)13-4-7-19-16(8-13)17-11-33-12-18(17)21(27)29-19/h4-9,20H,3,10-12H2,1-2H3,(H2,27,29). The molecule has 1 aromatic carbocycles. The zero-order valence-electron chi connectivity index (χ0n) is 18.1. The number of pyridine rings is 2. The van der Waals surface area contributed by atoms with E-state index in [9.17, 15) is 18.0 Å². The molecule has 174 valence electrons. The number of hydrogen-bond acceptors (Lipinski definition) is 6. The van der Waals surface area contributed by atoms with Crippen LogP contribution in [0.5, 0.6) is 0 Å². The summed E-state index contributed by atoms with van der Waals surface area (Å²) < 4.78 is 49.6. The normalized spacial score (nSPS) is 14.3. The van der Waals surface area contributed by atoms with Crippen LogP contribution in [0.25, 0.3) is 10.9 Å². The van der Waals surface area contributed by atoms with E-state index in [1.807, 2.05) is 6.92 Å². The molecule has 0 bridgehead atoms. The third-order valence-electron chi connectivity index (χ3n) is 5.69. The number of ether oxygens (including phenoxy) is 2. The Morgan fingerprint density at radius 2 is 2.00 bits per heavy atom. The van der Waals surface area contributed by atoms with Crippen LogP contribution in [-0.2, 0) is 35.4 Å². The lowest BCUT2D eigenvalue weighted by atomic mass is 10.0. The molecule has 10 heteroatoms. The fraction of sp³-hybridized carbons (Fsp3) is 0.348. The van der Waals surface area contributed by atoms with E-state index in [1.165, 1.54) is 18.1 Å². The minimum Gasteiger partial charge on any atom is -0.383 e. The molecule has 1 atom stereocenters. The first kappa shape index (κ1) is 22.9. The number of benzene rings is 1. The molecule has 0 saturated heterocycles. The molecule has 0 spiro atoms. The predicted octanol–water partition coefficient (Wildman–Crippen LogP) is 4.29. The largest absolute Gasteiger partial charge is 0.417 e. The number of amides is 1. The number of halogens is 3. The molecule has 0 aliphatic carbocycles. The highest BCUT2D eigenvalue weighted by molar-refractivity contribution is 5.99. The maximum Gasteiger partial charge on any atom is 0.417 e.